The van der Waals surface area contributed by atoms with Crippen LogP contribution in [0.2, 0.25) is 0 Å². The lowest BCUT2D eigenvalue weighted by atomic mass is 9.92. The summed E-state index contributed by atoms with van der Waals surface area (Å²) < 4.78 is 2.17. The predicted molar refractivity (Wildman–Crippen MR) is 155 cm³/mol. The molecular weight excluding hydrogens is 482 g/mol. The van der Waals surface area contributed by atoms with E-state index in [1.807, 2.05) is 79.7 Å². The van der Waals surface area contributed by atoms with Crippen LogP contribution in [0.15, 0.2) is 96.6 Å². The number of aromatic nitrogens is 3. The van der Waals surface area contributed by atoms with Crippen LogP contribution >= 0.6 is 0 Å². The fourth-order valence-corrected chi connectivity index (χ4v) is 4.84. The predicted octanol–water partition coefficient (Wildman–Crippen LogP) is 6.62. The first-order chi connectivity index (χ1) is 19.0. The van der Waals surface area contributed by atoms with E-state index in [1.54, 1.807) is 12.1 Å². The number of amides is 1. The Morgan fingerprint density at radius 1 is 0.897 bits per heavy atom. The summed E-state index contributed by atoms with van der Waals surface area (Å²) in [5, 5.41) is 13.0. The maximum atomic E-state index is 13.3. The van der Waals surface area contributed by atoms with E-state index < -0.39 is 5.91 Å². The standard InChI is InChI=1S/C33H29N5O/c1-4-29-37-31-22(2)19-23(3)35-32(31)38(29)21-24-15-17-26(18-16-24)30(25-11-7-5-8-12-25)28(20-34)33(39)36-27-13-9-6-10-14-27/h5-19H,4,21H2,1-3H3,(H,36,39)/b30-28-. The highest BCUT2D eigenvalue weighted by atomic mass is 16.1. The van der Waals surface area contributed by atoms with Crippen molar-refractivity contribution < 1.29 is 4.79 Å². The first kappa shape index (κ1) is 25.6. The van der Waals surface area contributed by atoms with Gasteiger partial charge in [0.15, 0.2) is 5.65 Å². The highest BCUT2D eigenvalue weighted by Crippen LogP contribution is 2.29. The summed E-state index contributed by atoms with van der Waals surface area (Å²) in [7, 11) is 0. The van der Waals surface area contributed by atoms with Crippen molar-refractivity contribution in [3.8, 4) is 6.07 Å². The minimum absolute atomic E-state index is 0.0572. The Labute approximate surface area is 228 Å². The summed E-state index contributed by atoms with van der Waals surface area (Å²) in [6.07, 6.45) is 0.801. The Kier molecular flexibility index (Phi) is 7.33. The van der Waals surface area contributed by atoms with E-state index in [9.17, 15) is 10.1 Å². The molecule has 6 nitrogen and oxygen atoms in total. The van der Waals surface area contributed by atoms with Gasteiger partial charge in [-0.15, -0.1) is 0 Å². The van der Waals surface area contributed by atoms with Gasteiger partial charge in [0.05, 0.1) is 6.54 Å². The summed E-state index contributed by atoms with van der Waals surface area (Å²) in [6, 6.07) is 31.0. The van der Waals surface area contributed by atoms with Gasteiger partial charge in [-0.25, -0.2) is 9.97 Å². The Balaban J connectivity index is 1.54. The minimum atomic E-state index is -0.444. The van der Waals surface area contributed by atoms with Crippen LogP contribution in [0.1, 0.15) is 40.7 Å². The molecule has 0 atom stereocenters. The van der Waals surface area contributed by atoms with Crippen LogP contribution < -0.4 is 5.32 Å². The Morgan fingerprint density at radius 2 is 1.54 bits per heavy atom. The third-order valence-electron chi connectivity index (χ3n) is 6.68. The summed E-state index contributed by atoms with van der Waals surface area (Å²) in [5.41, 5.74) is 7.87. The van der Waals surface area contributed by atoms with Gasteiger partial charge in [-0.3, -0.25) is 4.79 Å². The Bertz CT molecular complexity index is 1710. The molecule has 0 saturated carbocycles. The van der Waals surface area contributed by atoms with Crippen LogP contribution in [0, 0.1) is 25.2 Å². The number of nitriles is 1. The average Bonchev–Trinajstić information content (AvgIpc) is 3.30. The number of pyridine rings is 1. The summed E-state index contributed by atoms with van der Waals surface area (Å²) in [4.78, 5) is 22.9. The molecule has 1 amide bonds. The third kappa shape index (κ3) is 5.34. The highest BCUT2D eigenvalue weighted by Gasteiger charge is 2.19. The van der Waals surface area contributed by atoms with Crippen LogP contribution in [0.4, 0.5) is 5.69 Å². The van der Waals surface area contributed by atoms with Crippen LogP contribution in [0.25, 0.3) is 16.7 Å². The quantitative estimate of drug-likeness (QED) is 0.197. The van der Waals surface area contributed by atoms with Crippen LogP contribution in [0.3, 0.4) is 0 Å². The fraction of sp³-hybridized carbons (Fsp3) is 0.152. The lowest BCUT2D eigenvalue weighted by molar-refractivity contribution is -0.112. The van der Waals surface area contributed by atoms with Crippen molar-refractivity contribution in [2.24, 2.45) is 0 Å². The van der Waals surface area contributed by atoms with Gasteiger partial charge in [-0.2, -0.15) is 5.26 Å². The number of rotatable bonds is 7. The van der Waals surface area contributed by atoms with Gasteiger partial charge in [-0.1, -0.05) is 79.7 Å². The van der Waals surface area contributed by atoms with E-state index in [4.69, 9.17) is 9.97 Å². The molecule has 192 valence electrons. The SMILES string of the molecule is CCc1nc2c(C)cc(C)nc2n1Cc1ccc(/C(=C(/C#N)C(=O)Nc2ccccc2)c2ccccc2)cc1. The van der Waals surface area contributed by atoms with Gasteiger partial charge in [0.1, 0.15) is 23.0 Å². The number of fused-ring (bicyclic) bond motifs is 1. The van der Waals surface area contributed by atoms with E-state index in [1.165, 1.54) is 0 Å². The van der Waals surface area contributed by atoms with E-state index in [-0.39, 0.29) is 5.57 Å². The van der Waals surface area contributed by atoms with Crippen molar-refractivity contribution >= 4 is 28.3 Å². The number of nitrogens with one attached hydrogen (secondary N) is 1. The summed E-state index contributed by atoms with van der Waals surface area (Å²) >= 11 is 0. The lowest BCUT2D eigenvalue weighted by Crippen LogP contribution is -2.15. The van der Waals surface area contributed by atoms with Gasteiger partial charge in [0.25, 0.3) is 5.91 Å². The smallest absolute Gasteiger partial charge is 0.266 e. The summed E-state index contributed by atoms with van der Waals surface area (Å²) in [5.74, 6) is 0.547. The van der Waals surface area contributed by atoms with Gasteiger partial charge >= 0.3 is 0 Å². The molecule has 0 fully saturated rings. The molecule has 3 aromatic carbocycles. The largest absolute Gasteiger partial charge is 0.321 e. The second-order valence-electron chi connectivity index (χ2n) is 9.47. The number of benzene rings is 3. The molecule has 5 rings (SSSR count). The fourth-order valence-electron chi connectivity index (χ4n) is 4.84. The highest BCUT2D eigenvalue weighted by molar-refractivity contribution is 6.14. The molecule has 0 bridgehead atoms. The number of anilines is 1. The van der Waals surface area contributed by atoms with Crippen molar-refractivity contribution in [2.75, 3.05) is 5.32 Å². The molecule has 5 aromatic rings. The van der Waals surface area contributed by atoms with Crippen LogP contribution in [-0.2, 0) is 17.8 Å². The van der Waals surface area contributed by atoms with Gasteiger partial charge in [0, 0.05) is 23.4 Å². The van der Waals surface area contributed by atoms with Gasteiger partial charge < -0.3 is 9.88 Å². The molecule has 0 aliphatic rings. The minimum Gasteiger partial charge on any atom is -0.321 e. The third-order valence-corrected chi connectivity index (χ3v) is 6.68. The molecule has 0 aliphatic heterocycles. The molecule has 2 aromatic heterocycles. The summed E-state index contributed by atoms with van der Waals surface area (Å²) in [6.45, 7) is 6.80. The Hall–Kier alpha value is -5.02. The van der Waals surface area contributed by atoms with Crippen molar-refractivity contribution in [3.63, 3.8) is 0 Å². The number of nitrogens with zero attached hydrogens (tertiary/aromatic N) is 4. The molecule has 6 heteroatoms. The van der Waals surface area contributed by atoms with Crippen LogP contribution in [-0.4, -0.2) is 20.4 Å². The molecule has 0 unspecified atom stereocenters. The molecule has 39 heavy (non-hydrogen) atoms. The normalized spacial score (nSPS) is 11.6. The number of aryl methyl sites for hydroxylation is 3. The number of para-hydroxylation sites is 1. The Morgan fingerprint density at radius 3 is 2.18 bits per heavy atom. The second-order valence-corrected chi connectivity index (χ2v) is 9.47. The molecule has 1 N–H and O–H groups in total. The van der Waals surface area contributed by atoms with Gasteiger partial charge in [0.2, 0.25) is 0 Å². The maximum absolute atomic E-state index is 13.3. The topological polar surface area (TPSA) is 83.6 Å². The molecule has 0 saturated heterocycles. The van der Waals surface area contributed by atoms with Crippen molar-refractivity contribution in [2.45, 2.75) is 33.7 Å². The zero-order chi connectivity index (χ0) is 27.4. The number of hydrogen-bond donors (Lipinski definition) is 1. The van der Waals surface area contributed by atoms with Crippen molar-refractivity contribution in [1.82, 2.24) is 14.5 Å². The first-order valence-electron chi connectivity index (χ1n) is 13.0. The monoisotopic (exact) mass is 511 g/mol. The van der Waals surface area contributed by atoms with Crippen LogP contribution in [0.5, 0.6) is 0 Å². The number of carbonyl (C=O) groups is 1. The average molecular weight is 512 g/mol. The van der Waals surface area contributed by atoms with Crippen molar-refractivity contribution in [3.05, 3.63) is 130 Å². The lowest BCUT2D eigenvalue weighted by Gasteiger charge is -2.14. The van der Waals surface area contributed by atoms with E-state index in [0.29, 0.717) is 17.8 Å². The first-order valence-corrected chi connectivity index (χ1v) is 13.0. The molecule has 0 radical (unpaired) electrons. The van der Waals surface area contributed by atoms with E-state index in [0.717, 1.165) is 51.4 Å². The van der Waals surface area contributed by atoms with Crippen molar-refractivity contribution in [1.29, 1.82) is 5.26 Å². The molecule has 0 aliphatic carbocycles. The zero-order valence-electron chi connectivity index (χ0n) is 22.3. The second kappa shape index (κ2) is 11.2. The molecule has 2 heterocycles. The molecular formula is C33H29N5O. The number of imidazole rings is 1. The number of carbonyl (C=O) groups excluding carboxylic acids is 1. The molecule has 0 spiro atoms. The maximum Gasteiger partial charge on any atom is 0.266 e. The van der Waals surface area contributed by atoms with Gasteiger partial charge in [-0.05, 0) is 54.3 Å². The van der Waals surface area contributed by atoms with E-state index >= 15 is 0 Å². The van der Waals surface area contributed by atoms with E-state index in [2.05, 4.69) is 35.9 Å². The zero-order valence-corrected chi connectivity index (χ0v) is 22.3. The number of hydrogen-bond acceptors (Lipinski definition) is 4.